The standard InChI is InChI=1S/C12H11N3O3S/c1-6-4-9(16)8(5-14-6)11(18)15-12-7(10(13)17)2-3-19-12/h2-5H,1H3,(H2,13,17)(H,14,16)(H,15,18). The molecule has 0 saturated heterocycles. The predicted octanol–water partition coefficient (Wildman–Crippen LogP) is 1.10. The van der Waals surface area contributed by atoms with E-state index in [1.165, 1.54) is 18.3 Å². The molecule has 0 aliphatic carbocycles. The number of pyridine rings is 1. The van der Waals surface area contributed by atoms with Crippen LogP contribution in [0.1, 0.15) is 26.4 Å². The SMILES string of the molecule is Cc1cc(=O)c(C(=O)Nc2sccc2C(N)=O)c[nH]1. The largest absolute Gasteiger partial charge is 0.366 e. The first-order valence-corrected chi connectivity index (χ1v) is 6.25. The summed E-state index contributed by atoms with van der Waals surface area (Å²) in [7, 11) is 0. The Morgan fingerprint density at radius 2 is 2.11 bits per heavy atom. The van der Waals surface area contributed by atoms with Gasteiger partial charge in [0.2, 0.25) is 0 Å². The first-order chi connectivity index (χ1) is 8.99. The van der Waals surface area contributed by atoms with Crippen molar-refractivity contribution in [2.24, 2.45) is 5.73 Å². The molecule has 19 heavy (non-hydrogen) atoms. The molecule has 0 aliphatic heterocycles. The molecule has 2 amide bonds. The minimum atomic E-state index is -0.630. The van der Waals surface area contributed by atoms with E-state index in [0.717, 1.165) is 11.3 Å². The molecule has 98 valence electrons. The number of aromatic nitrogens is 1. The molecule has 2 aromatic heterocycles. The van der Waals surface area contributed by atoms with Crippen LogP contribution in [0.25, 0.3) is 0 Å². The van der Waals surface area contributed by atoms with E-state index in [1.54, 1.807) is 12.3 Å². The van der Waals surface area contributed by atoms with Crippen LogP contribution in [0.15, 0.2) is 28.5 Å². The number of nitrogens with one attached hydrogen (secondary N) is 2. The zero-order valence-corrected chi connectivity index (χ0v) is 10.8. The Hall–Kier alpha value is -2.41. The summed E-state index contributed by atoms with van der Waals surface area (Å²) in [5.74, 6) is -1.21. The van der Waals surface area contributed by atoms with Gasteiger partial charge in [-0.05, 0) is 18.4 Å². The second-order valence-corrected chi connectivity index (χ2v) is 4.79. The Labute approximate surface area is 112 Å². The molecular formula is C12H11N3O3S. The molecule has 2 rings (SSSR count). The van der Waals surface area contributed by atoms with Crippen molar-refractivity contribution in [2.75, 3.05) is 5.32 Å². The number of hydrogen-bond donors (Lipinski definition) is 3. The highest BCUT2D eigenvalue weighted by molar-refractivity contribution is 7.14. The van der Waals surface area contributed by atoms with Crippen molar-refractivity contribution in [3.05, 3.63) is 50.8 Å². The lowest BCUT2D eigenvalue weighted by Gasteiger charge is -2.04. The van der Waals surface area contributed by atoms with Gasteiger partial charge in [-0.2, -0.15) is 0 Å². The summed E-state index contributed by atoms with van der Waals surface area (Å²) in [6.45, 7) is 1.72. The number of primary amides is 1. The van der Waals surface area contributed by atoms with E-state index in [2.05, 4.69) is 10.3 Å². The van der Waals surface area contributed by atoms with E-state index < -0.39 is 11.8 Å². The van der Waals surface area contributed by atoms with E-state index in [9.17, 15) is 14.4 Å². The number of carbonyl (C=O) groups excluding carboxylic acids is 2. The van der Waals surface area contributed by atoms with Crippen LogP contribution in [0.4, 0.5) is 5.00 Å². The van der Waals surface area contributed by atoms with Gasteiger partial charge in [-0.1, -0.05) is 0 Å². The summed E-state index contributed by atoms with van der Waals surface area (Å²) < 4.78 is 0. The fourth-order valence-electron chi connectivity index (χ4n) is 1.52. The van der Waals surface area contributed by atoms with Crippen molar-refractivity contribution < 1.29 is 9.59 Å². The Balaban J connectivity index is 2.28. The molecule has 2 heterocycles. The summed E-state index contributed by atoms with van der Waals surface area (Å²) in [5, 5.41) is 4.47. The Kier molecular flexibility index (Phi) is 3.48. The van der Waals surface area contributed by atoms with Gasteiger partial charge in [-0.3, -0.25) is 14.4 Å². The number of hydrogen-bond acceptors (Lipinski definition) is 4. The Morgan fingerprint density at radius 1 is 1.37 bits per heavy atom. The highest BCUT2D eigenvalue weighted by Crippen LogP contribution is 2.22. The van der Waals surface area contributed by atoms with Crippen LogP contribution < -0.4 is 16.5 Å². The molecule has 0 bridgehead atoms. The van der Waals surface area contributed by atoms with Gasteiger partial charge >= 0.3 is 0 Å². The Bertz CT molecular complexity index is 702. The third kappa shape index (κ3) is 2.71. The zero-order valence-electron chi connectivity index (χ0n) is 10.0. The van der Waals surface area contributed by atoms with Crippen molar-refractivity contribution in [1.82, 2.24) is 4.98 Å². The van der Waals surface area contributed by atoms with Crippen LogP contribution in [0, 0.1) is 6.92 Å². The number of aromatic amines is 1. The lowest BCUT2D eigenvalue weighted by atomic mass is 10.2. The number of carbonyl (C=O) groups is 2. The molecule has 0 radical (unpaired) electrons. The van der Waals surface area contributed by atoms with Crippen LogP contribution in [-0.4, -0.2) is 16.8 Å². The third-order valence-electron chi connectivity index (χ3n) is 2.46. The molecule has 0 aliphatic rings. The summed E-state index contributed by atoms with van der Waals surface area (Å²) >= 11 is 1.16. The minimum absolute atomic E-state index is 0.0191. The first-order valence-electron chi connectivity index (χ1n) is 5.37. The monoisotopic (exact) mass is 277 g/mol. The van der Waals surface area contributed by atoms with Crippen molar-refractivity contribution in [2.45, 2.75) is 6.92 Å². The number of amides is 2. The molecule has 0 fully saturated rings. The molecule has 0 aromatic carbocycles. The van der Waals surface area contributed by atoms with Gasteiger partial charge < -0.3 is 16.0 Å². The smallest absolute Gasteiger partial charge is 0.261 e. The molecule has 0 atom stereocenters. The minimum Gasteiger partial charge on any atom is -0.366 e. The number of thiophene rings is 1. The quantitative estimate of drug-likeness (QED) is 0.782. The molecule has 0 spiro atoms. The maximum absolute atomic E-state index is 11.9. The van der Waals surface area contributed by atoms with Crippen LogP contribution >= 0.6 is 11.3 Å². The average Bonchev–Trinajstić information content (AvgIpc) is 2.76. The topological polar surface area (TPSA) is 105 Å². The maximum atomic E-state index is 11.9. The van der Waals surface area contributed by atoms with Gasteiger partial charge in [0.25, 0.3) is 11.8 Å². The molecule has 4 N–H and O–H groups in total. The van der Waals surface area contributed by atoms with Crippen LogP contribution in [0.2, 0.25) is 0 Å². The normalized spacial score (nSPS) is 10.2. The molecule has 2 aromatic rings. The van der Waals surface area contributed by atoms with Gasteiger partial charge in [-0.15, -0.1) is 11.3 Å². The zero-order chi connectivity index (χ0) is 14.0. The summed E-state index contributed by atoms with van der Waals surface area (Å²) in [6.07, 6.45) is 1.34. The number of nitrogens with two attached hydrogens (primary N) is 1. The van der Waals surface area contributed by atoms with Gasteiger partial charge in [0.05, 0.1) is 5.56 Å². The number of anilines is 1. The fourth-order valence-corrected chi connectivity index (χ4v) is 2.31. The second kappa shape index (κ2) is 5.07. The number of aryl methyl sites for hydroxylation is 1. The Morgan fingerprint density at radius 3 is 2.74 bits per heavy atom. The molecular weight excluding hydrogens is 266 g/mol. The van der Waals surface area contributed by atoms with E-state index in [4.69, 9.17) is 5.73 Å². The van der Waals surface area contributed by atoms with Crippen LogP contribution in [0.5, 0.6) is 0 Å². The van der Waals surface area contributed by atoms with Gasteiger partial charge in [0.15, 0.2) is 5.43 Å². The predicted molar refractivity (Wildman–Crippen MR) is 72.6 cm³/mol. The molecule has 6 nitrogen and oxygen atoms in total. The summed E-state index contributed by atoms with van der Waals surface area (Å²) in [5.41, 5.74) is 5.66. The lowest BCUT2D eigenvalue weighted by molar-refractivity contribution is 0.100. The van der Waals surface area contributed by atoms with Crippen molar-refractivity contribution in [1.29, 1.82) is 0 Å². The molecule has 0 saturated carbocycles. The van der Waals surface area contributed by atoms with E-state index >= 15 is 0 Å². The van der Waals surface area contributed by atoms with Crippen LogP contribution in [-0.2, 0) is 0 Å². The summed E-state index contributed by atoms with van der Waals surface area (Å²) in [6, 6.07) is 2.85. The van der Waals surface area contributed by atoms with Gasteiger partial charge in [0, 0.05) is 18.0 Å². The number of H-pyrrole nitrogens is 1. The highest BCUT2D eigenvalue weighted by Gasteiger charge is 2.15. The van der Waals surface area contributed by atoms with Crippen LogP contribution in [0.3, 0.4) is 0 Å². The van der Waals surface area contributed by atoms with E-state index in [0.29, 0.717) is 10.7 Å². The molecule has 0 unspecified atom stereocenters. The van der Waals surface area contributed by atoms with E-state index in [1.807, 2.05) is 0 Å². The maximum Gasteiger partial charge on any atom is 0.261 e. The highest BCUT2D eigenvalue weighted by atomic mass is 32.1. The van der Waals surface area contributed by atoms with Crippen molar-refractivity contribution >= 4 is 28.2 Å². The fraction of sp³-hybridized carbons (Fsp3) is 0.0833. The summed E-state index contributed by atoms with van der Waals surface area (Å²) in [4.78, 5) is 37.5. The second-order valence-electron chi connectivity index (χ2n) is 3.88. The van der Waals surface area contributed by atoms with E-state index in [-0.39, 0.29) is 16.6 Å². The molecule has 7 heteroatoms. The lowest BCUT2D eigenvalue weighted by Crippen LogP contribution is -2.22. The van der Waals surface area contributed by atoms with Crippen molar-refractivity contribution in [3.8, 4) is 0 Å². The third-order valence-corrected chi connectivity index (χ3v) is 3.29. The van der Waals surface area contributed by atoms with Gasteiger partial charge in [0.1, 0.15) is 10.6 Å². The number of rotatable bonds is 3. The first kappa shape index (κ1) is 13.0. The van der Waals surface area contributed by atoms with Gasteiger partial charge in [-0.25, -0.2) is 0 Å². The van der Waals surface area contributed by atoms with Crippen molar-refractivity contribution in [3.63, 3.8) is 0 Å². The average molecular weight is 277 g/mol.